The fourth-order valence-corrected chi connectivity index (χ4v) is 2.77. The van der Waals surface area contributed by atoms with Crippen LogP contribution in [0.5, 0.6) is 0 Å². The Morgan fingerprint density at radius 1 is 0.958 bits per heavy atom. The highest BCUT2D eigenvalue weighted by Crippen LogP contribution is 2.27. The second kappa shape index (κ2) is 6.26. The highest BCUT2D eigenvalue weighted by molar-refractivity contribution is 7.87. The Morgan fingerprint density at radius 2 is 1.67 bits per heavy atom. The molecule has 0 fully saturated rings. The first-order chi connectivity index (χ1) is 11.4. The highest BCUT2D eigenvalue weighted by atomic mass is 32.2. The summed E-state index contributed by atoms with van der Waals surface area (Å²) in [7, 11) is -4.64. The van der Waals surface area contributed by atoms with Crippen molar-refractivity contribution in [2.45, 2.75) is 0 Å². The van der Waals surface area contributed by atoms with E-state index in [2.05, 4.69) is 10.3 Å². The fourth-order valence-electron chi connectivity index (χ4n) is 2.26. The third kappa shape index (κ3) is 3.34. The lowest BCUT2D eigenvalue weighted by Gasteiger charge is -2.13. The molecule has 7 nitrogen and oxygen atoms in total. The number of nitrogens with zero attached hydrogens (tertiary/aromatic N) is 3. The molecular weight excluding hydrogens is 328 g/mol. The molecule has 0 unspecified atom stereocenters. The van der Waals surface area contributed by atoms with E-state index in [-0.39, 0.29) is 5.69 Å². The summed E-state index contributed by atoms with van der Waals surface area (Å²) in [5.74, 6) is 0. The zero-order chi connectivity index (χ0) is 17.2. The Balaban J connectivity index is 2.06. The summed E-state index contributed by atoms with van der Waals surface area (Å²) >= 11 is 0. The summed E-state index contributed by atoms with van der Waals surface area (Å²) in [4.78, 5) is 0. The third-order valence-corrected chi connectivity index (χ3v) is 4.03. The van der Waals surface area contributed by atoms with Gasteiger partial charge >= 0.3 is 10.3 Å². The van der Waals surface area contributed by atoms with Crippen molar-refractivity contribution in [3.05, 3.63) is 66.7 Å². The minimum absolute atomic E-state index is 0.0847. The van der Waals surface area contributed by atoms with E-state index in [1.165, 1.54) is 12.1 Å². The second-order valence-electron chi connectivity index (χ2n) is 5.00. The standard InChI is InChI=1S/C16H14N4O3S/c17-13-7-4-8-14(11-13)20(24(21,22)23)19-18-16-10-3-6-12-5-1-2-9-15(12)16/h1-11H,17H2,(H,21,22,23). The van der Waals surface area contributed by atoms with Crippen LogP contribution < -0.4 is 10.1 Å². The number of benzene rings is 3. The zero-order valence-electron chi connectivity index (χ0n) is 12.4. The fraction of sp³-hybridized carbons (Fsp3) is 0. The monoisotopic (exact) mass is 342 g/mol. The van der Waals surface area contributed by atoms with Crippen LogP contribution in [-0.2, 0) is 10.3 Å². The zero-order valence-corrected chi connectivity index (χ0v) is 13.3. The molecule has 0 spiro atoms. The van der Waals surface area contributed by atoms with E-state index < -0.39 is 10.3 Å². The van der Waals surface area contributed by atoms with Crippen LogP contribution in [0.25, 0.3) is 10.8 Å². The van der Waals surface area contributed by atoms with Gasteiger partial charge in [0, 0.05) is 11.1 Å². The molecule has 0 amide bonds. The molecule has 8 heteroatoms. The van der Waals surface area contributed by atoms with Gasteiger partial charge in [0.25, 0.3) is 0 Å². The van der Waals surface area contributed by atoms with Gasteiger partial charge < -0.3 is 5.73 Å². The first-order valence-electron chi connectivity index (χ1n) is 6.98. The molecule has 0 saturated heterocycles. The third-order valence-electron chi connectivity index (χ3n) is 3.31. The van der Waals surface area contributed by atoms with E-state index in [1.54, 1.807) is 24.3 Å². The topological polar surface area (TPSA) is 108 Å². The first kappa shape index (κ1) is 15.9. The summed E-state index contributed by atoms with van der Waals surface area (Å²) in [6, 6.07) is 18.9. The Bertz CT molecular complexity index is 1010. The molecule has 0 aliphatic rings. The maximum atomic E-state index is 11.6. The molecular formula is C16H14N4O3S. The first-order valence-corrected chi connectivity index (χ1v) is 8.37. The smallest absolute Gasteiger partial charge is 0.380 e. The average molecular weight is 342 g/mol. The Morgan fingerprint density at radius 3 is 2.42 bits per heavy atom. The predicted molar refractivity (Wildman–Crippen MR) is 93.3 cm³/mol. The molecule has 3 aromatic rings. The van der Waals surface area contributed by atoms with Crippen LogP contribution in [0, 0.1) is 0 Å². The van der Waals surface area contributed by atoms with Gasteiger partial charge in [0.15, 0.2) is 0 Å². The predicted octanol–water partition coefficient (Wildman–Crippen LogP) is 3.73. The van der Waals surface area contributed by atoms with Gasteiger partial charge in [-0.25, -0.2) is 0 Å². The lowest BCUT2D eigenvalue weighted by molar-refractivity contribution is 0.477. The highest BCUT2D eigenvalue weighted by Gasteiger charge is 2.20. The molecule has 0 atom stereocenters. The lowest BCUT2D eigenvalue weighted by Crippen LogP contribution is -2.24. The molecule has 0 aromatic heterocycles. The van der Waals surface area contributed by atoms with E-state index >= 15 is 0 Å². The van der Waals surface area contributed by atoms with Crippen LogP contribution in [0.15, 0.2) is 77.1 Å². The van der Waals surface area contributed by atoms with Gasteiger partial charge in [0.05, 0.1) is 11.4 Å². The average Bonchev–Trinajstić information content (AvgIpc) is 2.54. The summed E-state index contributed by atoms with van der Waals surface area (Å²) in [5, 5.41) is 9.42. The van der Waals surface area contributed by atoms with Crippen LogP contribution in [0.4, 0.5) is 17.1 Å². The number of hydrogen-bond acceptors (Lipinski definition) is 5. The van der Waals surface area contributed by atoms with E-state index in [0.717, 1.165) is 10.8 Å². The van der Waals surface area contributed by atoms with E-state index in [4.69, 9.17) is 5.73 Å². The number of rotatable bonds is 4. The van der Waals surface area contributed by atoms with Crippen LogP contribution >= 0.6 is 0 Å². The largest absolute Gasteiger partial charge is 0.399 e. The van der Waals surface area contributed by atoms with Crippen molar-refractivity contribution >= 4 is 38.1 Å². The van der Waals surface area contributed by atoms with Crippen LogP contribution in [0.1, 0.15) is 0 Å². The molecule has 0 bridgehead atoms. The van der Waals surface area contributed by atoms with Crippen molar-refractivity contribution in [2.24, 2.45) is 10.3 Å². The maximum absolute atomic E-state index is 11.6. The van der Waals surface area contributed by atoms with Gasteiger partial charge in [-0.05, 0) is 34.9 Å². The van der Waals surface area contributed by atoms with Gasteiger partial charge in [-0.2, -0.15) is 8.42 Å². The molecule has 3 N–H and O–H groups in total. The number of anilines is 2. The number of nitrogen functional groups attached to an aromatic ring is 1. The minimum atomic E-state index is -4.64. The second-order valence-corrected chi connectivity index (χ2v) is 6.25. The van der Waals surface area contributed by atoms with Gasteiger partial charge in [-0.15, -0.1) is 9.53 Å². The molecule has 0 radical (unpaired) electrons. The number of nitrogens with two attached hydrogens (primary N) is 1. The molecule has 122 valence electrons. The van der Waals surface area contributed by atoms with Crippen molar-refractivity contribution in [2.75, 3.05) is 10.1 Å². The molecule has 0 aliphatic carbocycles. The normalized spacial score (nSPS) is 11.9. The van der Waals surface area contributed by atoms with Gasteiger partial charge in [0.2, 0.25) is 0 Å². The van der Waals surface area contributed by atoms with Gasteiger partial charge in [-0.1, -0.05) is 42.5 Å². The van der Waals surface area contributed by atoms with E-state index in [1.807, 2.05) is 30.3 Å². The summed E-state index contributed by atoms with van der Waals surface area (Å²) in [5.41, 5.74) is 6.54. The number of hydrogen-bond donors (Lipinski definition) is 2. The molecule has 0 saturated carbocycles. The van der Waals surface area contributed by atoms with Gasteiger partial charge in [0.1, 0.15) is 0 Å². The van der Waals surface area contributed by atoms with E-state index in [0.29, 0.717) is 15.8 Å². The number of fused-ring (bicyclic) bond motifs is 1. The summed E-state index contributed by atoms with van der Waals surface area (Å²) in [6.45, 7) is 0. The van der Waals surface area contributed by atoms with Crippen LogP contribution in [0.3, 0.4) is 0 Å². The van der Waals surface area contributed by atoms with Crippen molar-refractivity contribution in [1.29, 1.82) is 0 Å². The Labute approximate surface area is 138 Å². The molecule has 0 aliphatic heterocycles. The Hall–Kier alpha value is -2.97. The molecule has 24 heavy (non-hydrogen) atoms. The van der Waals surface area contributed by atoms with Crippen molar-refractivity contribution in [3.8, 4) is 0 Å². The van der Waals surface area contributed by atoms with Crippen LogP contribution in [0.2, 0.25) is 0 Å². The maximum Gasteiger partial charge on any atom is 0.380 e. The Kier molecular flexibility index (Phi) is 4.15. The minimum Gasteiger partial charge on any atom is -0.399 e. The van der Waals surface area contributed by atoms with Crippen molar-refractivity contribution in [3.63, 3.8) is 0 Å². The summed E-state index contributed by atoms with van der Waals surface area (Å²) < 4.78 is 33.1. The molecule has 3 aromatic carbocycles. The molecule has 3 rings (SSSR count). The quantitative estimate of drug-likeness (QED) is 0.326. The molecule has 0 heterocycles. The SMILES string of the molecule is Nc1cccc(N(N=Nc2cccc3ccccc23)S(=O)(=O)O)c1. The summed E-state index contributed by atoms with van der Waals surface area (Å²) in [6.07, 6.45) is 0. The van der Waals surface area contributed by atoms with Crippen molar-refractivity contribution in [1.82, 2.24) is 0 Å². The van der Waals surface area contributed by atoms with Gasteiger partial charge in [-0.3, -0.25) is 4.55 Å². The van der Waals surface area contributed by atoms with E-state index in [9.17, 15) is 13.0 Å². The van der Waals surface area contributed by atoms with Crippen LogP contribution in [-0.4, -0.2) is 13.0 Å². The lowest BCUT2D eigenvalue weighted by atomic mass is 10.1. The van der Waals surface area contributed by atoms with Crippen molar-refractivity contribution < 1.29 is 13.0 Å².